The Bertz CT molecular complexity index is 1160. The molecule has 0 saturated carbocycles. The van der Waals surface area contributed by atoms with E-state index in [1.54, 1.807) is 73.8 Å². The lowest BCUT2D eigenvalue weighted by Crippen LogP contribution is -2.33. The van der Waals surface area contributed by atoms with E-state index >= 15 is 0 Å². The number of nitrogens with zero attached hydrogens (tertiary/aromatic N) is 2. The summed E-state index contributed by atoms with van der Waals surface area (Å²) in [7, 11) is 0. The Morgan fingerprint density at radius 1 is 1.00 bits per heavy atom. The second-order valence-corrected chi connectivity index (χ2v) is 8.62. The van der Waals surface area contributed by atoms with Crippen LogP contribution in [-0.2, 0) is 14.4 Å². The highest BCUT2D eigenvalue weighted by Gasteiger charge is 2.21. The first-order valence-corrected chi connectivity index (χ1v) is 11.0. The zero-order valence-electron chi connectivity index (χ0n) is 20.0. The minimum Gasteiger partial charge on any atom is -0.479 e. The maximum atomic E-state index is 12.8. The smallest absolute Gasteiger partial charge is 0.265 e. The zero-order valence-corrected chi connectivity index (χ0v) is 20.0. The van der Waals surface area contributed by atoms with Gasteiger partial charge in [-0.1, -0.05) is 12.1 Å². The average molecular weight is 477 g/mol. The van der Waals surface area contributed by atoms with Crippen LogP contribution in [0.25, 0.3) is 0 Å². The molecule has 1 aromatic heterocycles. The summed E-state index contributed by atoms with van der Waals surface area (Å²) < 4.78 is 5.57. The number of benzene rings is 2. The van der Waals surface area contributed by atoms with Crippen molar-refractivity contribution in [3.05, 3.63) is 78.6 Å². The van der Waals surface area contributed by atoms with Gasteiger partial charge in [-0.2, -0.15) is 5.06 Å². The van der Waals surface area contributed by atoms with Crippen LogP contribution in [0.15, 0.2) is 73.1 Å². The Morgan fingerprint density at radius 3 is 2.34 bits per heavy atom. The van der Waals surface area contributed by atoms with E-state index in [9.17, 15) is 14.4 Å². The SMILES string of the molecule is CC(Oc1cccnc1)C(=O)Nc1ccc(C(=O)Nc2ccccc2N(C=O)OC(C)(C)C)cc1. The number of hydroxylamine groups is 1. The van der Waals surface area contributed by atoms with Gasteiger partial charge < -0.3 is 15.4 Å². The summed E-state index contributed by atoms with van der Waals surface area (Å²) in [6.07, 6.45) is 2.95. The highest BCUT2D eigenvalue weighted by molar-refractivity contribution is 6.06. The van der Waals surface area contributed by atoms with Gasteiger partial charge in [0.2, 0.25) is 6.41 Å². The molecular formula is C26H28N4O5. The molecule has 3 aromatic rings. The second-order valence-electron chi connectivity index (χ2n) is 8.62. The summed E-state index contributed by atoms with van der Waals surface area (Å²) in [5.74, 6) is -0.235. The predicted molar refractivity (Wildman–Crippen MR) is 133 cm³/mol. The monoisotopic (exact) mass is 476 g/mol. The van der Waals surface area contributed by atoms with Gasteiger partial charge in [0.1, 0.15) is 5.75 Å². The lowest BCUT2D eigenvalue weighted by Gasteiger charge is -2.28. The van der Waals surface area contributed by atoms with E-state index in [0.717, 1.165) is 5.06 Å². The number of nitrogens with one attached hydrogen (secondary N) is 2. The largest absolute Gasteiger partial charge is 0.479 e. The van der Waals surface area contributed by atoms with Crippen LogP contribution in [0.1, 0.15) is 38.1 Å². The lowest BCUT2D eigenvalue weighted by molar-refractivity contribution is -0.122. The van der Waals surface area contributed by atoms with Gasteiger partial charge in [-0.05, 0) is 76.2 Å². The molecule has 9 heteroatoms. The summed E-state index contributed by atoms with van der Waals surface area (Å²) in [5, 5.41) is 6.64. The Labute approximate surface area is 204 Å². The maximum absolute atomic E-state index is 12.8. The maximum Gasteiger partial charge on any atom is 0.265 e. The molecular weight excluding hydrogens is 448 g/mol. The molecule has 1 atom stereocenters. The first-order valence-electron chi connectivity index (χ1n) is 11.0. The van der Waals surface area contributed by atoms with Crippen LogP contribution in [-0.4, -0.2) is 34.9 Å². The molecule has 0 saturated heterocycles. The van der Waals surface area contributed by atoms with Crippen LogP contribution in [0, 0.1) is 0 Å². The first-order chi connectivity index (χ1) is 16.7. The third-order valence-electron chi connectivity index (χ3n) is 4.59. The molecule has 1 heterocycles. The van der Waals surface area contributed by atoms with E-state index in [0.29, 0.717) is 34.8 Å². The molecule has 182 valence electrons. The molecule has 0 radical (unpaired) electrons. The number of pyridine rings is 1. The number of hydrogen-bond donors (Lipinski definition) is 2. The number of amides is 3. The van der Waals surface area contributed by atoms with Gasteiger partial charge in [0.15, 0.2) is 6.10 Å². The number of carbonyl (C=O) groups is 3. The summed E-state index contributed by atoms with van der Waals surface area (Å²) >= 11 is 0. The lowest BCUT2D eigenvalue weighted by atomic mass is 10.1. The van der Waals surface area contributed by atoms with E-state index in [-0.39, 0.29) is 11.8 Å². The van der Waals surface area contributed by atoms with Crippen LogP contribution < -0.4 is 20.4 Å². The number of hydrogen-bond acceptors (Lipinski definition) is 6. The number of aromatic nitrogens is 1. The normalized spacial score (nSPS) is 11.8. The van der Waals surface area contributed by atoms with Crippen LogP contribution in [0.3, 0.4) is 0 Å². The minimum absolute atomic E-state index is 0.340. The molecule has 0 spiro atoms. The molecule has 2 N–H and O–H groups in total. The summed E-state index contributed by atoms with van der Waals surface area (Å²) in [4.78, 5) is 46.5. The second kappa shape index (κ2) is 11.3. The molecule has 0 fully saturated rings. The number of rotatable bonds is 9. The van der Waals surface area contributed by atoms with Crippen molar-refractivity contribution in [2.24, 2.45) is 0 Å². The Morgan fingerprint density at radius 2 is 1.71 bits per heavy atom. The predicted octanol–water partition coefficient (Wildman–Crippen LogP) is 4.43. The molecule has 0 bridgehead atoms. The van der Waals surface area contributed by atoms with E-state index in [1.165, 1.54) is 6.20 Å². The quantitative estimate of drug-likeness (QED) is 0.349. The van der Waals surface area contributed by atoms with Crippen LogP contribution in [0.2, 0.25) is 0 Å². The van der Waals surface area contributed by atoms with Crippen molar-refractivity contribution in [2.45, 2.75) is 39.4 Å². The highest BCUT2D eigenvalue weighted by Crippen LogP contribution is 2.28. The third-order valence-corrected chi connectivity index (χ3v) is 4.59. The van der Waals surface area contributed by atoms with Gasteiger partial charge in [-0.25, -0.2) is 0 Å². The molecule has 3 rings (SSSR count). The molecule has 1 unspecified atom stereocenters. The molecule has 3 amide bonds. The summed E-state index contributed by atoms with van der Waals surface area (Å²) in [6.45, 7) is 7.08. The molecule has 0 aliphatic rings. The first kappa shape index (κ1) is 25.4. The van der Waals surface area contributed by atoms with Gasteiger partial charge in [0.05, 0.1) is 23.2 Å². The molecule has 0 aliphatic heterocycles. The van der Waals surface area contributed by atoms with E-state index < -0.39 is 11.7 Å². The average Bonchev–Trinajstić information content (AvgIpc) is 2.83. The highest BCUT2D eigenvalue weighted by atomic mass is 16.7. The topological polar surface area (TPSA) is 110 Å². The number of para-hydroxylation sites is 2. The Kier molecular flexibility index (Phi) is 8.17. The van der Waals surface area contributed by atoms with Crippen molar-refractivity contribution < 1.29 is 24.0 Å². The summed E-state index contributed by atoms with van der Waals surface area (Å²) in [5.41, 5.74) is 1.08. The van der Waals surface area contributed by atoms with E-state index in [4.69, 9.17) is 9.57 Å². The van der Waals surface area contributed by atoms with Crippen molar-refractivity contribution in [2.75, 3.05) is 15.7 Å². The fourth-order valence-corrected chi connectivity index (χ4v) is 3.01. The van der Waals surface area contributed by atoms with E-state index in [1.807, 2.05) is 20.8 Å². The van der Waals surface area contributed by atoms with Gasteiger partial charge in [0, 0.05) is 17.4 Å². The fraction of sp³-hybridized carbons (Fsp3) is 0.231. The molecule has 35 heavy (non-hydrogen) atoms. The van der Waals surface area contributed by atoms with Crippen molar-refractivity contribution in [1.29, 1.82) is 0 Å². The van der Waals surface area contributed by atoms with Crippen molar-refractivity contribution in [3.8, 4) is 5.75 Å². The molecule has 9 nitrogen and oxygen atoms in total. The van der Waals surface area contributed by atoms with Crippen molar-refractivity contribution in [3.63, 3.8) is 0 Å². The van der Waals surface area contributed by atoms with Crippen LogP contribution in [0.5, 0.6) is 5.75 Å². The summed E-state index contributed by atoms with van der Waals surface area (Å²) in [6, 6.07) is 16.7. The number of anilines is 3. The molecule has 0 aliphatic carbocycles. The van der Waals surface area contributed by atoms with Gasteiger partial charge >= 0.3 is 0 Å². The zero-order chi connectivity index (χ0) is 25.4. The van der Waals surface area contributed by atoms with Gasteiger partial charge in [-0.3, -0.25) is 24.2 Å². The van der Waals surface area contributed by atoms with Crippen LogP contribution in [0.4, 0.5) is 17.1 Å². The minimum atomic E-state index is -0.741. The Hall–Kier alpha value is -4.24. The molecule has 2 aromatic carbocycles. The fourth-order valence-electron chi connectivity index (χ4n) is 3.01. The number of carbonyl (C=O) groups excluding carboxylic acids is 3. The van der Waals surface area contributed by atoms with E-state index in [2.05, 4.69) is 15.6 Å². The van der Waals surface area contributed by atoms with Gasteiger partial charge in [-0.15, -0.1) is 0 Å². The standard InChI is InChI=1S/C26H28N4O5/c1-18(34-21-8-7-15-27-16-21)24(32)28-20-13-11-19(12-14-20)25(33)29-22-9-5-6-10-23(22)30(17-31)35-26(2,3)4/h5-18H,1-4H3,(H,28,32)(H,29,33). The third kappa shape index (κ3) is 7.38. The van der Waals surface area contributed by atoms with Crippen molar-refractivity contribution >= 4 is 35.3 Å². The Balaban J connectivity index is 1.65. The van der Waals surface area contributed by atoms with Gasteiger partial charge in [0.25, 0.3) is 11.8 Å². The van der Waals surface area contributed by atoms with Crippen LogP contribution >= 0.6 is 0 Å². The van der Waals surface area contributed by atoms with Crippen molar-refractivity contribution in [1.82, 2.24) is 4.98 Å². The number of ether oxygens (including phenoxy) is 1.